The molecule has 1 saturated heterocycles. The van der Waals surface area contributed by atoms with Crippen molar-refractivity contribution in [3.05, 3.63) is 112 Å². The normalized spacial score (nSPS) is 13.7. The predicted octanol–water partition coefficient (Wildman–Crippen LogP) is 5.44. The highest BCUT2D eigenvalue weighted by molar-refractivity contribution is 9.10. The van der Waals surface area contributed by atoms with E-state index >= 15 is 0 Å². The van der Waals surface area contributed by atoms with Crippen molar-refractivity contribution in [2.24, 2.45) is 0 Å². The fourth-order valence-electron chi connectivity index (χ4n) is 4.97. The third-order valence-corrected chi connectivity index (χ3v) is 7.37. The molecule has 0 unspecified atom stereocenters. The Balaban J connectivity index is 1.36. The summed E-state index contributed by atoms with van der Waals surface area (Å²) in [6, 6.07) is 27.9. The van der Waals surface area contributed by atoms with Gasteiger partial charge in [-0.3, -0.25) is 4.79 Å². The minimum absolute atomic E-state index is 0.0524. The summed E-state index contributed by atoms with van der Waals surface area (Å²) in [5, 5.41) is 5.83. The second kappa shape index (κ2) is 10.4. The maximum Gasteiger partial charge on any atom is 0.254 e. The maximum atomic E-state index is 13.1. The van der Waals surface area contributed by atoms with E-state index in [4.69, 9.17) is 15.1 Å². The second-order valence-electron chi connectivity index (χ2n) is 9.45. The molecule has 0 aliphatic carbocycles. The molecule has 1 amide bonds. The number of nitrogens with zero attached hydrogens (tertiary/aromatic N) is 6. The van der Waals surface area contributed by atoms with Gasteiger partial charge in [0.05, 0.1) is 16.8 Å². The molecule has 5 aromatic rings. The van der Waals surface area contributed by atoms with Crippen molar-refractivity contribution in [3.63, 3.8) is 0 Å². The lowest BCUT2D eigenvalue weighted by Crippen LogP contribution is -2.49. The average molecular weight is 567 g/mol. The first-order valence-corrected chi connectivity index (χ1v) is 13.5. The monoisotopic (exact) mass is 566 g/mol. The second-order valence-corrected chi connectivity index (χ2v) is 10.4. The fourth-order valence-corrected chi connectivity index (χ4v) is 5.37. The van der Waals surface area contributed by atoms with Crippen LogP contribution in [0.5, 0.6) is 0 Å². The molecule has 0 bridgehead atoms. The van der Waals surface area contributed by atoms with Crippen molar-refractivity contribution in [1.82, 2.24) is 24.6 Å². The number of carbonyl (C=O) groups is 1. The minimum atomic E-state index is 0.0524. The largest absolute Gasteiger partial charge is 0.352 e. The number of aryl methyl sites for hydroxylation is 1. The Morgan fingerprint density at radius 2 is 1.58 bits per heavy atom. The summed E-state index contributed by atoms with van der Waals surface area (Å²) in [6.07, 6.45) is 0.629. The number of hydrogen-bond donors (Lipinski definition) is 0. The fraction of sp³-hybridized carbons (Fsp3) is 0.200. The van der Waals surface area contributed by atoms with Crippen molar-refractivity contribution in [2.45, 2.75) is 13.3 Å². The van der Waals surface area contributed by atoms with E-state index < -0.39 is 0 Å². The van der Waals surface area contributed by atoms with Gasteiger partial charge in [-0.05, 0) is 42.8 Å². The molecular formula is C30H27BrN6O. The van der Waals surface area contributed by atoms with E-state index in [1.54, 1.807) is 0 Å². The number of benzene rings is 3. The molecule has 38 heavy (non-hydrogen) atoms. The van der Waals surface area contributed by atoms with Gasteiger partial charge in [0.25, 0.3) is 5.91 Å². The first-order valence-electron chi connectivity index (χ1n) is 12.7. The molecule has 1 aliphatic rings. The smallest absolute Gasteiger partial charge is 0.254 e. The van der Waals surface area contributed by atoms with E-state index in [0.717, 1.165) is 44.1 Å². The summed E-state index contributed by atoms with van der Waals surface area (Å²) >= 11 is 3.47. The number of hydrogen-bond acceptors (Lipinski definition) is 5. The summed E-state index contributed by atoms with van der Waals surface area (Å²) in [4.78, 5) is 27.4. The molecule has 1 aliphatic heterocycles. The molecule has 3 aromatic carbocycles. The number of amides is 1. The standard InChI is InChI=1S/C30H27BrN6O/c1-21-27-28(35-15-17-36(18-16-35)30(38)23-11-8-12-24(31)20-23)32-26(19-22-9-4-2-5-10-22)33-29(27)37(34-21)25-13-6-3-7-14-25/h2-14,20H,15-19H2,1H3. The summed E-state index contributed by atoms with van der Waals surface area (Å²) in [5.41, 5.74) is 4.51. The number of piperazine rings is 1. The van der Waals surface area contributed by atoms with Crippen molar-refractivity contribution in [1.29, 1.82) is 0 Å². The van der Waals surface area contributed by atoms with E-state index in [2.05, 4.69) is 33.0 Å². The van der Waals surface area contributed by atoms with Gasteiger partial charge in [-0.2, -0.15) is 5.10 Å². The van der Waals surface area contributed by atoms with Crippen LogP contribution >= 0.6 is 15.9 Å². The van der Waals surface area contributed by atoms with Crippen LogP contribution in [0.2, 0.25) is 0 Å². The van der Waals surface area contributed by atoms with E-state index in [1.807, 2.05) is 89.3 Å². The Morgan fingerprint density at radius 1 is 0.868 bits per heavy atom. The molecule has 1 fully saturated rings. The SMILES string of the molecule is Cc1nn(-c2ccccc2)c2nc(Cc3ccccc3)nc(N3CCN(C(=O)c4cccc(Br)c4)CC3)c12. The number of carbonyl (C=O) groups excluding carboxylic acids is 1. The Labute approximate surface area is 229 Å². The molecule has 190 valence electrons. The lowest BCUT2D eigenvalue weighted by atomic mass is 10.1. The van der Waals surface area contributed by atoms with Crippen LogP contribution in [0.15, 0.2) is 89.4 Å². The molecule has 8 heteroatoms. The topological polar surface area (TPSA) is 67.2 Å². The third-order valence-electron chi connectivity index (χ3n) is 6.87. The van der Waals surface area contributed by atoms with Crippen molar-refractivity contribution >= 4 is 38.7 Å². The van der Waals surface area contributed by atoms with Gasteiger partial charge in [-0.1, -0.05) is 70.5 Å². The highest BCUT2D eigenvalue weighted by Crippen LogP contribution is 2.30. The average Bonchev–Trinajstić information content (AvgIpc) is 3.29. The van der Waals surface area contributed by atoms with E-state index in [-0.39, 0.29) is 5.91 Å². The molecule has 6 rings (SSSR count). The first-order chi connectivity index (χ1) is 18.6. The van der Waals surface area contributed by atoms with Crippen LogP contribution in [0, 0.1) is 6.92 Å². The first kappa shape index (κ1) is 24.3. The van der Waals surface area contributed by atoms with Gasteiger partial charge in [0.15, 0.2) is 5.65 Å². The number of halogens is 1. The highest BCUT2D eigenvalue weighted by atomic mass is 79.9. The molecule has 0 radical (unpaired) electrons. The molecule has 3 heterocycles. The zero-order valence-electron chi connectivity index (χ0n) is 21.1. The lowest BCUT2D eigenvalue weighted by Gasteiger charge is -2.36. The van der Waals surface area contributed by atoms with Crippen LogP contribution < -0.4 is 4.90 Å². The van der Waals surface area contributed by atoms with Crippen LogP contribution in [0.3, 0.4) is 0 Å². The summed E-state index contributed by atoms with van der Waals surface area (Å²) < 4.78 is 2.82. The van der Waals surface area contributed by atoms with E-state index in [0.29, 0.717) is 38.2 Å². The van der Waals surface area contributed by atoms with Crippen LogP contribution in [-0.4, -0.2) is 56.7 Å². The number of anilines is 1. The quantitative estimate of drug-likeness (QED) is 0.283. The van der Waals surface area contributed by atoms with Gasteiger partial charge in [0.2, 0.25) is 0 Å². The highest BCUT2D eigenvalue weighted by Gasteiger charge is 2.27. The molecule has 0 atom stereocenters. The van der Waals surface area contributed by atoms with Crippen LogP contribution in [0.1, 0.15) is 27.4 Å². The molecule has 2 aromatic heterocycles. The van der Waals surface area contributed by atoms with Gasteiger partial charge >= 0.3 is 0 Å². The lowest BCUT2D eigenvalue weighted by molar-refractivity contribution is 0.0746. The zero-order chi connectivity index (χ0) is 26.1. The molecular weight excluding hydrogens is 540 g/mol. The molecule has 0 N–H and O–H groups in total. The molecule has 0 saturated carbocycles. The van der Waals surface area contributed by atoms with Crippen LogP contribution in [-0.2, 0) is 6.42 Å². The number of para-hydroxylation sites is 1. The minimum Gasteiger partial charge on any atom is -0.352 e. The Morgan fingerprint density at radius 3 is 2.29 bits per heavy atom. The summed E-state index contributed by atoms with van der Waals surface area (Å²) in [6.45, 7) is 4.63. The predicted molar refractivity (Wildman–Crippen MR) is 153 cm³/mol. The van der Waals surface area contributed by atoms with Gasteiger partial charge in [0.1, 0.15) is 11.6 Å². The van der Waals surface area contributed by atoms with Gasteiger partial charge < -0.3 is 9.80 Å². The van der Waals surface area contributed by atoms with E-state index in [9.17, 15) is 4.79 Å². The summed E-state index contributed by atoms with van der Waals surface area (Å²) in [5.74, 6) is 1.69. The van der Waals surface area contributed by atoms with Crippen LogP contribution in [0.25, 0.3) is 16.7 Å². The van der Waals surface area contributed by atoms with Gasteiger partial charge in [-0.15, -0.1) is 0 Å². The van der Waals surface area contributed by atoms with E-state index in [1.165, 1.54) is 0 Å². The van der Waals surface area contributed by atoms with Gasteiger partial charge in [0, 0.05) is 42.6 Å². The Hall–Kier alpha value is -4.04. The number of rotatable bonds is 5. The van der Waals surface area contributed by atoms with Crippen molar-refractivity contribution < 1.29 is 4.79 Å². The third kappa shape index (κ3) is 4.79. The Kier molecular flexibility index (Phi) is 6.64. The maximum absolute atomic E-state index is 13.1. The molecule has 0 spiro atoms. The van der Waals surface area contributed by atoms with Crippen molar-refractivity contribution in [2.75, 3.05) is 31.1 Å². The number of aromatic nitrogens is 4. The summed E-state index contributed by atoms with van der Waals surface area (Å²) in [7, 11) is 0. The zero-order valence-corrected chi connectivity index (χ0v) is 22.7. The van der Waals surface area contributed by atoms with Crippen LogP contribution in [0.4, 0.5) is 5.82 Å². The molecule has 7 nitrogen and oxygen atoms in total. The Bertz CT molecular complexity index is 1590. The van der Waals surface area contributed by atoms with Crippen molar-refractivity contribution in [3.8, 4) is 5.69 Å². The van der Waals surface area contributed by atoms with Gasteiger partial charge in [-0.25, -0.2) is 14.6 Å². The number of fused-ring (bicyclic) bond motifs is 1.